The Bertz CT molecular complexity index is 469. The second-order valence-electron chi connectivity index (χ2n) is 6.20. The number of rotatable bonds is 2. The molecular weight excluding hydrogens is 236 g/mol. The predicted molar refractivity (Wildman–Crippen MR) is 76.0 cm³/mol. The molecule has 102 valence electrons. The molecule has 1 N–H and O–H groups in total. The minimum absolute atomic E-state index is 0.279. The molecule has 2 aliphatic rings. The van der Waals surface area contributed by atoms with E-state index in [9.17, 15) is 4.79 Å². The molecule has 2 fully saturated rings. The van der Waals surface area contributed by atoms with Crippen LogP contribution in [-0.4, -0.2) is 37.0 Å². The Morgan fingerprint density at radius 1 is 1.42 bits per heavy atom. The van der Waals surface area contributed by atoms with E-state index >= 15 is 0 Å². The highest BCUT2D eigenvalue weighted by Gasteiger charge is 2.45. The molecule has 1 amide bonds. The van der Waals surface area contributed by atoms with Crippen molar-refractivity contribution in [3.05, 3.63) is 35.4 Å². The molecule has 19 heavy (non-hydrogen) atoms. The van der Waals surface area contributed by atoms with Crippen molar-refractivity contribution in [3.63, 3.8) is 0 Å². The second kappa shape index (κ2) is 4.97. The second-order valence-corrected chi connectivity index (χ2v) is 6.20. The zero-order chi connectivity index (χ0) is 13.3. The molecule has 1 spiro atoms. The van der Waals surface area contributed by atoms with Crippen molar-refractivity contribution in [2.45, 2.75) is 26.2 Å². The molecule has 3 rings (SSSR count). The number of nitrogens with zero attached hydrogens (tertiary/aromatic N) is 1. The average molecular weight is 258 g/mol. The van der Waals surface area contributed by atoms with Crippen LogP contribution in [0.25, 0.3) is 0 Å². The Morgan fingerprint density at radius 2 is 2.26 bits per heavy atom. The van der Waals surface area contributed by atoms with Crippen LogP contribution in [0.15, 0.2) is 24.3 Å². The molecule has 0 aliphatic carbocycles. The predicted octanol–water partition coefficient (Wildman–Crippen LogP) is 1.75. The van der Waals surface area contributed by atoms with Crippen LogP contribution in [0.5, 0.6) is 0 Å². The zero-order valence-corrected chi connectivity index (χ0v) is 11.6. The first-order valence-corrected chi connectivity index (χ1v) is 7.21. The largest absolute Gasteiger partial charge is 0.341 e. The highest BCUT2D eigenvalue weighted by atomic mass is 16.2. The number of piperidine rings is 1. The summed E-state index contributed by atoms with van der Waals surface area (Å²) < 4.78 is 0. The lowest BCUT2D eigenvalue weighted by Crippen LogP contribution is -2.63. The number of benzene rings is 1. The van der Waals surface area contributed by atoms with Gasteiger partial charge in [0.25, 0.3) is 0 Å². The van der Waals surface area contributed by atoms with E-state index in [0.717, 1.165) is 31.7 Å². The van der Waals surface area contributed by atoms with E-state index in [1.165, 1.54) is 18.4 Å². The molecule has 1 aromatic rings. The third-order valence-electron chi connectivity index (χ3n) is 4.40. The van der Waals surface area contributed by atoms with Crippen molar-refractivity contribution in [2.75, 3.05) is 26.2 Å². The number of hydrogen-bond acceptors (Lipinski definition) is 2. The van der Waals surface area contributed by atoms with Crippen molar-refractivity contribution < 1.29 is 4.79 Å². The van der Waals surface area contributed by atoms with Crippen LogP contribution in [0.2, 0.25) is 0 Å². The molecule has 2 saturated heterocycles. The molecular formula is C16H22N2O. The van der Waals surface area contributed by atoms with Gasteiger partial charge in [0, 0.05) is 25.0 Å². The van der Waals surface area contributed by atoms with Gasteiger partial charge in [-0.3, -0.25) is 4.79 Å². The van der Waals surface area contributed by atoms with Crippen LogP contribution in [-0.2, 0) is 11.2 Å². The van der Waals surface area contributed by atoms with E-state index in [2.05, 4.69) is 24.4 Å². The van der Waals surface area contributed by atoms with E-state index in [0.29, 0.717) is 11.8 Å². The molecule has 0 bridgehead atoms. The number of hydrogen-bond donors (Lipinski definition) is 1. The summed E-state index contributed by atoms with van der Waals surface area (Å²) in [5.41, 5.74) is 2.75. The van der Waals surface area contributed by atoms with E-state index in [1.54, 1.807) is 0 Å². The number of nitrogens with one attached hydrogen (secondary N) is 1. The summed E-state index contributed by atoms with van der Waals surface area (Å²) in [6, 6.07) is 8.25. The number of amides is 1. The zero-order valence-electron chi connectivity index (χ0n) is 11.6. The Kier molecular flexibility index (Phi) is 3.31. The lowest BCUT2D eigenvalue weighted by molar-refractivity contribution is -0.143. The van der Waals surface area contributed by atoms with Gasteiger partial charge in [-0.05, 0) is 31.9 Å². The van der Waals surface area contributed by atoms with Crippen LogP contribution < -0.4 is 5.32 Å². The molecule has 3 nitrogen and oxygen atoms in total. The minimum Gasteiger partial charge on any atom is -0.341 e. The van der Waals surface area contributed by atoms with Gasteiger partial charge in [-0.2, -0.15) is 0 Å². The Balaban J connectivity index is 1.55. The molecule has 3 heteroatoms. The van der Waals surface area contributed by atoms with Gasteiger partial charge in [-0.1, -0.05) is 29.8 Å². The summed E-state index contributed by atoms with van der Waals surface area (Å²) in [5.74, 6) is 0.279. The first-order valence-electron chi connectivity index (χ1n) is 7.21. The lowest BCUT2D eigenvalue weighted by Gasteiger charge is -2.52. The van der Waals surface area contributed by atoms with E-state index < -0.39 is 0 Å². The number of likely N-dealkylation sites (tertiary alicyclic amines) is 1. The van der Waals surface area contributed by atoms with Gasteiger partial charge in [0.15, 0.2) is 0 Å². The summed E-state index contributed by atoms with van der Waals surface area (Å²) in [5, 5.41) is 3.46. The highest BCUT2D eigenvalue weighted by Crippen LogP contribution is 2.36. The van der Waals surface area contributed by atoms with Crippen LogP contribution in [0.3, 0.4) is 0 Å². The number of carbonyl (C=O) groups excluding carboxylic acids is 1. The average Bonchev–Trinajstić information content (AvgIpc) is 2.36. The van der Waals surface area contributed by atoms with Gasteiger partial charge in [0.1, 0.15) is 0 Å². The summed E-state index contributed by atoms with van der Waals surface area (Å²) >= 11 is 0. The standard InChI is InChI=1S/C16H22N2O/c1-13-4-2-5-14(8-13)9-15(19)18-11-16(12-18)6-3-7-17-10-16/h2,4-5,8,17H,3,6-7,9-12H2,1H3. The highest BCUT2D eigenvalue weighted by molar-refractivity contribution is 5.79. The maximum atomic E-state index is 12.2. The first kappa shape index (κ1) is 12.7. The Hall–Kier alpha value is -1.35. The number of aryl methyl sites for hydroxylation is 1. The fraction of sp³-hybridized carbons (Fsp3) is 0.562. The normalized spacial score (nSPS) is 21.2. The fourth-order valence-corrected chi connectivity index (χ4v) is 3.35. The number of carbonyl (C=O) groups is 1. The van der Waals surface area contributed by atoms with Crippen molar-refractivity contribution >= 4 is 5.91 Å². The van der Waals surface area contributed by atoms with E-state index in [1.807, 2.05) is 17.0 Å². The van der Waals surface area contributed by atoms with E-state index in [-0.39, 0.29) is 5.91 Å². The van der Waals surface area contributed by atoms with Gasteiger partial charge >= 0.3 is 0 Å². The van der Waals surface area contributed by atoms with Crippen molar-refractivity contribution in [3.8, 4) is 0 Å². The summed E-state index contributed by atoms with van der Waals surface area (Å²) in [7, 11) is 0. The van der Waals surface area contributed by atoms with Crippen LogP contribution in [0, 0.1) is 12.3 Å². The van der Waals surface area contributed by atoms with Crippen molar-refractivity contribution in [1.29, 1.82) is 0 Å². The Labute approximate surface area is 115 Å². The van der Waals surface area contributed by atoms with Gasteiger partial charge in [-0.15, -0.1) is 0 Å². The third kappa shape index (κ3) is 2.66. The summed E-state index contributed by atoms with van der Waals surface area (Å²) in [4.78, 5) is 14.3. The molecule has 0 atom stereocenters. The topological polar surface area (TPSA) is 32.3 Å². The first-order chi connectivity index (χ1) is 9.17. The summed E-state index contributed by atoms with van der Waals surface area (Å²) in [6.45, 7) is 6.19. The maximum absolute atomic E-state index is 12.2. The molecule has 0 radical (unpaired) electrons. The van der Waals surface area contributed by atoms with Crippen molar-refractivity contribution in [2.24, 2.45) is 5.41 Å². The third-order valence-corrected chi connectivity index (χ3v) is 4.40. The molecule has 0 aromatic heterocycles. The van der Waals surface area contributed by atoms with Gasteiger partial charge < -0.3 is 10.2 Å². The quantitative estimate of drug-likeness (QED) is 0.876. The van der Waals surface area contributed by atoms with Crippen LogP contribution in [0.4, 0.5) is 0 Å². The summed E-state index contributed by atoms with van der Waals surface area (Å²) in [6.07, 6.45) is 3.07. The van der Waals surface area contributed by atoms with Gasteiger partial charge in [-0.25, -0.2) is 0 Å². The molecule has 0 saturated carbocycles. The SMILES string of the molecule is Cc1cccc(CC(=O)N2CC3(CCCNC3)C2)c1. The monoisotopic (exact) mass is 258 g/mol. The lowest BCUT2D eigenvalue weighted by atomic mass is 9.74. The van der Waals surface area contributed by atoms with E-state index in [4.69, 9.17) is 0 Å². The fourth-order valence-electron chi connectivity index (χ4n) is 3.35. The smallest absolute Gasteiger partial charge is 0.227 e. The molecule has 2 aliphatic heterocycles. The Morgan fingerprint density at radius 3 is 2.95 bits per heavy atom. The maximum Gasteiger partial charge on any atom is 0.227 e. The molecule has 0 unspecified atom stereocenters. The van der Waals surface area contributed by atoms with Crippen molar-refractivity contribution in [1.82, 2.24) is 10.2 Å². The van der Waals surface area contributed by atoms with Gasteiger partial charge in [0.05, 0.1) is 6.42 Å². The minimum atomic E-state index is 0.279. The van der Waals surface area contributed by atoms with Crippen LogP contribution >= 0.6 is 0 Å². The van der Waals surface area contributed by atoms with Crippen LogP contribution in [0.1, 0.15) is 24.0 Å². The molecule has 2 heterocycles. The van der Waals surface area contributed by atoms with Gasteiger partial charge in [0.2, 0.25) is 5.91 Å². The molecule has 1 aromatic carbocycles.